The molecule has 122 valence electrons. The first-order chi connectivity index (χ1) is 11.6. The Morgan fingerprint density at radius 3 is 2.50 bits per heavy atom. The van der Waals surface area contributed by atoms with Crippen LogP contribution in [0.15, 0.2) is 58.6 Å². The molecule has 7 heteroatoms. The zero-order valence-electron chi connectivity index (χ0n) is 12.9. The van der Waals surface area contributed by atoms with Gasteiger partial charge in [-0.2, -0.15) is 5.10 Å². The van der Waals surface area contributed by atoms with Gasteiger partial charge in [0.2, 0.25) is 5.91 Å². The van der Waals surface area contributed by atoms with Gasteiger partial charge in [-0.25, -0.2) is 9.38 Å². The minimum Gasteiger partial charge on any atom is -0.326 e. The molecule has 1 amide bonds. The van der Waals surface area contributed by atoms with Crippen LogP contribution in [0.1, 0.15) is 12.5 Å². The van der Waals surface area contributed by atoms with E-state index in [9.17, 15) is 9.18 Å². The van der Waals surface area contributed by atoms with Crippen molar-refractivity contribution in [3.05, 3.63) is 59.9 Å². The quantitative estimate of drug-likeness (QED) is 0.897. The SMILES string of the molecule is CC(=O)Nc1ccc(C2=NNC(=Nc3ccc(F)cc3)SC2)cc1. The molecule has 2 N–H and O–H groups in total. The van der Waals surface area contributed by atoms with E-state index in [1.54, 1.807) is 12.1 Å². The zero-order valence-corrected chi connectivity index (χ0v) is 13.7. The molecule has 0 spiro atoms. The number of amidine groups is 1. The summed E-state index contributed by atoms with van der Waals surface area (Å²) >= 11 is 1.52. The van der Waals surface area contributed by atoms with Gasteiger partial charge >= 0.3 is 0 Å². The minimum atomic E-state index is -0.286. The van der Waals surface area contributed by atoms with Gasteiger partial charge in [0.05, 0.1) is 11.4 Å². The third-order valence-electron chi connectivity index (χ3n) is 3.23. The Labute approximate surface area is 143 Å². The molecule has 3 rings (SSSR count). The van der Waals surface area contributed by atoms with Crippen LogP contribution < -0.4 is 10.7 Å². The van der Waals surface area contributed by atoms with Crippen molar-refractivity contribution < 1.29 is 9.18 Å². The zero-order chi connectivity index (χ0) is 16.9. The molecule has 24 heavy (non-hydrogen) atoms. The number of thioether (sulfide) groups is 1. The largest absolute Gasteiger partial charge is 0.326 e. The Hall–Kier alpha value is -2.67. The van der Waals surface area contributed by atoms with Crippen LogP contribution in [0.25, 0.3) is 0 Å². The fourth-order valence-electron chi connectivity index (χ4n) is 2.10. The molecule has 1 aliphatic heterocycles. The van der Waals surface area contributed by atoms with Crippen LogP contribution in [0.5, 0.6) is 0 Å². The molecule has 2 aromatic rings. The van der Waals surface area contributed by atoms with E-state index in [1.807, 2.05) is 24.3 Å². The van der Waals surface area contributed by atoms with E-state index in [0.29, 0.717) is 16.6 Å². The van der Waals surface area contributed by atoms with E-state index in [2.05, 4.69) is 20.8 Å². The fourth-order valence-corrected chi connectivity index (χ4v) is 2.89. The van der Waals surface area contributed by atoms with Gasteiger partial charge in [-0.15, -0.1) is 0 Å². The second-order valence-corrected chi connectivity index (χ2v) is 6.07. The standard InChI is InChI=1S/C17H15FN4OS/c1-11(23)19-14-6-2-12(3-7-14)16-10-24-17(22-21-16)20-15-8-4-13(18)5-9-15/h2-9H,10H2,1H3,(H,19,23)(H,20,22). The number of nitrogens with zero attached hydrogens (tertiary/aromatic N) is 2. The summed E-state index contributed by atoms with van der Waals surface area (Å²) in [5.74, 6) is 0.287. The molecule has 0 saturated heterocycles. The molecule has 0 bridgehead atoms. The van der Waals surface area contributed by atoms with Gasteiger partial charge in [0.1, 0.15) is 5.82 Å². The molecular weight excluding hydrogens is 327 g/mol. The topological polar surface area (TPSA) is 65.8 Å². The van der Waals surface area contributed by atoms with Crippen LogP contribution in [0.4, 0.5) is 15.8 Å². The lowest BCUT2D eigenvalue weighted by atomic mass is 10.1. The van der Waals surface area contributed by atoms with Crippen LogP contribution >= 0.6 is 11.8 Å². The van der Waals surface area contributed by atoms with Crippen LogP contribution in [0.3, 0.4) is 0 Å². The summed E-state index contributed by atoms with van der Waals surface area (Å²) in [7, 11) is 0. The highest BCUT2D eigenvalue weighted by Gasteiger charge is 2.13. The van der Waals surface area contributed by atoms with E-state index in [0.717, 1.165) is 17.0 Å². The van der Waals surface area contributed by atoms with Crippen molar-refractivity contribution in [2.75, 3.05) is 11.1 Å². The number of nitrogens with one attached hydrogen (secondary N) is 2. The fraction of sp³-hybridized carbons (Fsp3) is 0.118. The Morgan fingerprint density at radius 1 is 1.21 bits per heavy atom. The predicted molar refractivity (Wildman–Crippen MR) is 96.4 cm³/mol. The van der Waals surface area contributed by atoms with Gasteiger partial charge in [0, 0.05) is 18.4 Å². The van der Waals surface area contributed by atoms with Crippen molar-refractivity contribution in [2.45, 2.75) is 6.92 Å². The molecule has 0 radical (unpaired) electrons. The molecule has 0 aromatic heterocycles. The molecule has 0 saturated carbocycles. The van der Waals surface area contributed by atoms with E-state index >= 15 is 0 Å². The number of carbonyl (C=O) groups is 1. The Bertz CT molecular complexity index is 800. The van der Waals surface area contributed by atoms with Crippen molar-refractivity contribution in [1.29, 1.82) is 0 Å². The van der Waals surface area contributed by atoms with E-state index in [1.165, 1.54) is 30.8 Å². The maximum Gasteiger partial charge on any atom is 0.221 e. The van der Waals surface area contributed by atoms with E-state index < -0.39 is 0 Å². The highest BCUT2D eigenvalue weighted by Crippen LogP contribution is 2.19. The van der Waals surface area contributed by atoms with Crippen LogP contribution in [-0.2, 0) is 4.79 Å². The number of hydrogen-bond acceptors (Lipinski definition) is 4. The maximum absolute atomic E-state index is 12.9. The van der Waals surface area contributed by atoms with Crippen molar-refractivity contribution in [3.63, 3.8) is 0 Å². The van der Waals surface area contributed by atoms with Crippen molar-refractivity contribution in [2.24, 2.45) is 10.1 Å². The normalized spacial score (nSPS) is 15.6. The summed E-state index contributed by atoms with van der Waals surface area (Å²) in [5.41, 5.74) is 6.21. The predicted octanol–water partition coefficient (Wildman–Crippen LogP) is 3.51. The van der Waals surface area contributed by atoms with Crippen molar-refractivity contribution in [3.8, 4) is 0 Å². The number of halogens is 1. The summed E-state index contributed by atoms with van der Waals surface area (Å²) in [5, 5.41) is 7.73. The summed E-state index contributed by atoms with van der Waals surface area (Å²) in [6, 6.07) is 13.5. The Morgan fingerprint density at radius 2 is 1.92 bits per heavy atom. The van der Waals surface area contributed by atoms with Gasteiger partial charge in [0.15, 0.2) is 5.17 Å². The molecule has 1 heterocycles. The Balaban J connectivity index is 1.68. The van der Waals surface area contributed by atoms with Crippen LogP contribution in [-0.4, -0.2) is 22.5 Å². The smallest absolute Gasteiger partial charge is 0.221 e. The summed E-state index contributed by atoms with van der Waals surface area (Å²) in [6.07, 6.45) is 0. The molecule has 0 aliphatic carbocycles. The first kappa shape index (κ1) is 16.2. The van der Waals surface area contributed by atoms with Crippen molar-refractivity contribution in [1.82, 2.24) is 5.43 Å². The highest BCUT2D eigenvalue weighted by atomic mass is 32.2. The highest BCUT2D eigenvalue weighted by molar-refractivity contribution is 8.14. The second-order valence-electron chi connectivity index (χ2n) is 5.11. The van der Waals surface area contributed by atoms with Gasteiger partial charge in [0.25, 0.3) is 0 Å². The Kier molecular flexibility index (Phi) is 4.90. The average Bonchev–Trinajstić information content (AvgIpc) is 2.58. The number of hydrazone groups is 1. The lowest BCUT2D eigenvalue weighted by Gasteiger charge is -2.15. The van der Waals surface area contributed by atoms with E-state index in [-0.39, 0.29) is 11.7 Å². The third kappa shape index (κ3) is 4.20. The molecule has 2 aromatic carbocycles. The van der Waals surface area contributed by atoms with Gasteiger partial charge in [-0.1, -0.05) is 23.9 Å². The summed E-state index contributed by atoms with van der Waals surface area (Å²) in [6.45, 7) is 1.47. The second kappa shape index (κ2) is 7.27. The molecule has 0 fully saturated rings. The molecule has 1 aliphatic rings. The van der Waals surface area contributed by atoms with Crippen LogP contribution in [0, 0.1) is 5.82 Å². The number of carbonyl (C=O) groups excluding carboxylic acids is 1. The number of rotatable bonds is 3. The molecular formula is C17H15FN4OS. The lowest BCUT2D eigenvalue weighted by molar-refractivity contribution is -0.114. The van der Waals surface area contributed by atoms with E-state index in [4.69, 9.17) is 0 Å². The minimum absolute atomic E-state index is 0.100. The lowest BCUT2D eigenvalue weighted by Crippen LogP contribution is -2.25. The first-order valence-corrected chi connectivity index (χ1v) is 8.26. The molecule has 5 nitrogen and oxygen atoms in total. The van der Waals surface area contributed by atoms with Gasteiger partial charge in [-0.3, -0.25) is 10.2 Å². The van der Waals surface area contributed by atoms with Crippen LogP contribution in [0.2, 0.25) is 0 Å². The number of anilines is 1. The monoisotopic (exact) mass is 342 g/mol. The van der Waals surface area contributed by atoms with Crippen molar-refractivity contribution >= 4 is 39.9 Å². The maximum atomic E-state index is 12.9. The average molecular weight is 342 g/mol. The number of aliphatic imine (C=N–C) groups is 1. The number of amides is 1. The third-order valence-corrected chi connectivity index (χ3v) is 4.10. The number of hydrogen-bond donors (Lipinski definition) is 2. The summed E-state index contributed by atoms with van der Waals surface area (Å²) < 4.78 is 12.9. The number of benzene rings is 2. The van der Waals surface area contributed by atoms with Gasteiger partial charge in [-0.05, 0) is 42.0 Å². The summed E-state index contributed by atoms with van der Waals surface area (Å²) in [4.78, 5) is 15.4. The first-order valence-electron chi connectivity index (χ1n) is 7.28. The molecule has 0 atom stereocenters. The molecule has 0 unspecified atom stereocenters. The van der Waals surface area contributed by atoms with Gasteiger partial charge < -0.3 is 5.32 Å².